The van der Waals surface area contributed by atoms with Crippen LogP contribution in [0.25, 0.3) is 0 Å². The quantitative estimate of drug-likeness (QED) is 0.329. The highest BCUT2D eigenvalue weighted by molar-refractivity contribution is 7.92. The Bertz CT molecular complexity index is 1460. The highest BCUT2D eigenvalue weighted by atomic mass is 32.2. The maximum atomic E-state index is 14.1. The summed E-state index contributed by atoms with van der Waals surface area (Å²) in [6, 6.07) is 20.9. The first-order chi connectivity index (χ1) is 19.9. The molecule has 1 aliphatic rings. The predicted octanol–water partition coefficient (Wildman–Crippen LogP) is 5.17. The molecule has 0 heterocycles. The van der Waals surface area contributed by atoms with E-state index in [1.807, 2.05) is 36.4 Å². The average molecular weight is 602 g/mol. The fraction of sp³-hybridized carbons (Fsp3) is 0.355. The molecule has 11 heteroatoms. The van der Waals surface area contributed by atoms with Crippen molar-refractivity contribution in [2.45, 2.75) is 56.9 Å². The Hall–Kier alpha value is -3.86. The number of carbonyl (C=O) groups excluding carboxylic acids is 2. The molecule has 7 nitrogen and oxygen atoms in total. The minimum atomic E-state index is -4.71. The Morgan fingerprint density at radius 3 is 2.07 bits per heavy atom. The second kappa shape index (κ2) is 13.4. The van der Waals surface area contributed by atoms with Gasteiger partial charge in [0.1, 0.15) is 12.6 Å². The zero-order valence-corrected chi connectivity index (χ0v) is 24.1. The number of hydrogen-bond donors (Lipinski definition) is 1. The van der Waals surface area contributed by atoms with E-state index >= 15 is 0 Å². The van der Waals surface area contributed by atoms with Crippen molar-refractivity contribution in [1.82, 2.24) is 10.2 Å². The van der Waals surface area contributed by atoms with Gasteiger partial charge >= 0.3 is 6.18 Å². The molecule has 1 aliphatic carbocycles. The number of carbonyl (C=O) groups is 2. The summed E-state index contributed by atoms with van der Waals surface area (Å²) in [6.07, 6.45) is -0.0808. The second-order valence-corrected chi connectivity index (χ2v) is 12.4. The number of benzene rings is 3. The molecular formula is C31H34F3N3O4S. The summed E-state index contributed by atoms with van der Waals surface area (Å²) in [5, 5.41) is 3.07. The predicted molar refractivity (Wildman–Crippen MR) is 155 cm³/mol. The second-order valence-electron chi connectivity index (χ2n) is 10.5. The molecular weight excluding hydrogens is 567 g/mol. The lowest BCUT2D eigenvalue weighted by Gasteiger charge is -2.34. The van der Waals surface area contributed by atoms with Gasteiger partial charge in [-0.05, 0) is 42.2 Å². The van der Waals surface area contributed by atoms with Crippen molar-refractivity contribution in [3.8, 4) is 0 Å². The monoisotopic (exact) mass is 601 g/mol. The summed E-state index contributed by atoms with van der Waals surface area (Å²) >= 11 is 0. The standard InChI is InChI=1S/C31H34F3N3O4S/c1-42(40,41)37(27-18-10-15-25(20-27)31(32,33)34)22-29(38)36(21-24-13-6-3-7-14-24)28(19-23-11-4-2-5-12-23)30(39)35-26-16-8-9-17-26/h2-7,10-15,18,20,26,28H,8-9,16-17,19,21-22H2,1H3,(H,35,39)/t28-/m0/s1. The van der Waals surface area contributed by atoms with E-state index in [2.05, 4.69) is 5.32 Å². The van der Waals surface area contributed by atoms with E-state index < -0.39 is 40.3 Å². The van der Waals surface area contributed by atoms with Crippen LogP contribution < -0.4 is 9.62 Å². The maximum absolute atomic E-state index is 14.1. The van der Waals surface area contributed by atoms with Crippen molar-refractivity contribution < 1.29 is 31.2 Å². The molecule has 3 aromatic rings. The molecule has 0 aliphatic heterocycles. The van der Waals surface area contributed by atoms with Gasteiger partial charge in [-0.25, -0.2) is 8.42 Å². The van der Waals surface area contributed by atoms with Crippen molar-refractivity contribution in [3.05, 3.63) is 102 Å². The first-order valence-electron chi connectivity index (χ1n) is 13.7. The molecule has 1 N–H and O–H groups in total. The van der Waals surface area contributed by atoms with Gasteiger partial charge in [0.15, 0.2) is 0 Å². The Morgan fingerprint density at radius 1 is 0.905 bits per heavy atom. The van der Waals surface area contributed by atoms with Crippen molar-refractivity contribution in [2.75, 3.05) is 17.1 Å². The lowest BCUT2D eigenvalue weighted by atomic mass is 10.0. The van der Waals surface area contributed by atoms with E-state index in [1.54, 1.807) is 24.3 Å². The molecule has 1 saturated carbocycles. The molecule has 0 bridgehead atoms. The van der Waals surface area contributed by atoms with E-state index in [1.165, 1.54) is 11.0 Å². The van der Waals surface area contributed by atoms with Crippen LogP contribution in [-0.2, 0) is 38.8 Å². The molecule has 224 valence electrons. The third-order valence-corrected chi connectivity index (χ3v) is 8.45. The van der Waals surface area contributed by atoms with Gasteiger partial charge in [-0.2, -0.15) is 13.2 Å². The van der Waals surface area contributed by atoms with Crippen LogP contribution >= 0.6 is 0 Å². The van der Waals surface area contributed by atoms with Crippen molar-refractivity contribution >= 4 is 27.5 Å². The van der Waals surface area contributed by atoms with Crippen LogP contribution in [-0.4, -0.2) is 50.0 Å². The normalized spacial score (nSPS) is 14.8. The summed E-state index contributed by atoms with van der Waals surface area (Å²) in [4.78, 5) is 29.2. The third-order valence-electron chi connectivity index (χ3n) is 7.31. The van der Waals surface area contributed by atoms with Gasteiger partial charge in [0.2, 0.25) is 21.8 Å². The van der Waals surface area contributed by atoms with E-state index in [-0.39, 0.29) is 30.6 Å². The number of amides is 2. The molecule has 1 atom stereocenters. The largest absolute Gasteiger partial charge is 0.416 e. The Labute approximate surface area is 244 Å². The van der Waals surface area contributed by atoms with Crippen LogP contribution in [0.3, 0.4) is 0 Å². The summed E-state index contributed by atoms with van der Waals surface area (Å²) < 4.78 is 66.6. The average Bonchev–Trinajstić information content (AvgIpc) is 3.46. The minimum Gasteiger partial charge on any atom is -0.352 e. The first-order valence-corrected chi connectivity index (χ1v) is 15.6. The molecule has 1 fully saturated rings. The molecule has 0 spiro atoms. The zero-order chi connectivity index (χ0) is 30.3. The number of sulfonamides is 1. The van der Waals surface area contributed by atoms with Crippen LogP contribution in [0.2, 0.25) is 0 Å². The van der Waals surface area contributed by atoms with E-state index in [4.69, 9.17) is 0 Å². The molecule has 2 amide bonds. The molecule has 0 aromatic heterocycles. The van der Waals surface area contributed by atoms with Gasteiger partial charge in [0, 0.05) is 19.0 Å². The van der Waals surface area contributed by atoms with Crippen LogP contribution in [0, 0.1) is 0 Å². The van der Waals surface area contributed by atoms with Crippen molar-refractivity contribution in [3.63, 3.8) is 0 Å². The Kier molecular flexibility index (Phi) is 9.93. The molecule has 3 aromatic carbocycles. The summed E-state index contributed by atoms with van der Waals surface area (Å²) in [6.45, 7) is -0.787. The summed E-state index contributed by atoms with van der Waals surface area (Å²) in [7, 11) is -4.19. The lowest BCUT2D eigenvalue weighted by Crippen LogP contribution is -2.54. The van der Waals surface area contributed by atoms with Gasteiger partial charge in [-0.15, -0.1) is 0 Å². The number of nitrogens with zero attached hydrogens (tertiary/aromatic N) is 2. The summed E-state index contributed by atoms with van der Waals surface area (Å²) in [5.41, 5.74) is 0.172. The number of anilines is 1. The fourth-order valence-corrected chi connectivity index (χ4v) is 5.99. The Balaban J connectivity index is 1.72. The van der Waals surface area contributed by atoms with Gasteiger partial charge in [0.25, 0.3) is 0 Å². The van der Waals surface area contributed by atoms with Crippen LogP contribution in [0.4, 0.5) is 18.9 Å². The zero-order valence-electron chi connectivity index (χ0n) is 23.3. The third kappa shape index (κ3) is 8.34. The van der Waals surface area contributed by atoms with E-state index in [0.29, 0.717) is 15.9 Å². The van der Waals surface area contributed by atoms with E-state index in [9.17, 15) is 31.2 Å². The van der Waals surface area contributed by atoms with Crippen molar-refractivity contribution in [2.24, 2.45) is 0 Å². The number of alkyl halides is 3. The number of hydrogen-bond acceptors (Lipinski definition) is 4. The minimum absolute atomic E-state index is 0.00451. The molecule has 42 heavy (non-hydrogen) atoms. The topological polar surface area (TPSA) is 86.8 Å². The summed E-state index contributed by atoms with van der Waals surface area (Å²) in [5.74, 6) is -1.08. The van der Waals surface area contributed by atoms with Crippen LogP contribution in [0.15, 0.2) is 84.9 Å². The molecule has 0 saturated heterocycles. The SMILES string of the molecule is CS(=O)(=O)N(CC(=O)N(Cc1ccccc1)[C@@H](Cc1ccccc1)C(=O)NC1CCCC1)c1cccc(C(F)(F)F)c1. The molecule has 0 unspecified atom stereocenters. The molecule has 0 radical (unpaired) electrons. The first kappa shape index (κ1) is 31.1. The van der Waals surface area contributed by atoms with E-state index in [0.717, 1.165) is 49.6 Å². The molecule has 4 rings (SSSR count). The lowest BCUT2D eigenvalue weighted by molar-refractivity contribution is -0.140. The highest BCUT2D eigenvalue weighted by Crippen LogP contribution is 2.32. The van der Waals surface area contributed by atoms with Gasteiger partial charge in [-0.3, -0.25) is 13.9 Å². The number of nitrogens with one attached hydrogen (secondary N) is 1. The van der Waals surface area contributed by atoms with Crippen LogP contribution in [0.1, 0.15) is 42.4 Å². The Morgan fingerprint density at radius 2 is 1.50 bits per heavy atom. The van der Waals surface area contributed by atoms with Crippen LogP contribution in [0.5, 0.6) is 0 Å². The highest BCUT2D eigenvalue weighted by Gasteiger charge is 2.35. The van der Waals surface area contributed by atoms with Gasteiger partial charge in [0.05, 0.1) is 17.5 Å². The smallest absolute Gasteiger partial charge is 0.352 e. The maximum Gasteiger partial charge on any atom is 0.416 e. The van der Waals surface area contributed by atoms with Gasteiger partial charge in [-0.1, -0.05) is 79.6 Å². The number of halogens is 3. The number of rotatable bonds is 11. The van der Waals surface area contributed by atoms with Gasteiger partial charge < -0.3 is 10.2 Å². The van der Waals surface area contributed by atoms with Crippen molar-refractivity contribution in [1.29, 1.82) is 0 Å². The fourth-order valence-electron chi connectivity index (χ4n) is 5.15.